The molecule has 0 spiro atoms. The number of esters is 1. The molecule has 0 saturated heterocycles. The molecule has 0 bridgehead atoms. The number of aromatic nitrogens is 2. The van der Waals surface area contributed by atoms with Crippen LogP contribution in [0.4, 0.5) is 9.18 Å². The summed E-state index contributed by atoms with van der Waals surface area (Å²) in [6.45, 7) is 11.5. The second-order valence-corrected chi connectivity index (χ2v) is 8.60. The van der Waals surface area contributed by atoms with Crippen molar-refractivity contribution in [2.75, 3.05) is 19.8 Å². The summed E-state index contributed by atoms with van der Waals surface area (Å²) in [5, 5.41) is 6.87. The molecule has 176 valence electrons. The quantitative estimate of drug-likeness (QED) is 0.452. The number of benzene rings is 1. The van der Waals surface area contributed by atoms with Crippen molar-refractivity contribution in [2.45, 2.75) is 53.2 Å². The van der Waals surface area contributed by atoms with Gasteiger partial charge in [-0.05, 0) is 51.3 Å². The lowest BCUT2D eigenvalue weighted by molar-refractivity contribution is -0.149. The van der Waals surface area contributed by atoms with Crippen molar-refractivity contribution in [3.8, 4) is 16.9 Å². The molecule has 1 N–H and O–H groups in total. The standard InChI is InChI=1S/C23H32FN3O5/c1-7-30-21(28)20(15(2)3)27-14-17(13-26-27)16-10-18(24)12-19(11-16)31-9-8-25-22(29)32-23(4,5)6/h10-15,20H,7-9H2,1-6H3,(H,25,29). The highest BCUT2D eigenvalue weighted by molar-refractivity contribution is 5.75. The molecule has 0 aliphatic rings. The monoisotopic (exact) mass is 449 g/mol. The van der Waals surface area contributed by atoms with Crippen molar-refractivity contribution in [3.63, 3.8) is 0 Å². The Kier molecular flexibility index (Phi) is 8.63. The van der Waals surface area contributed by atoms with Crippen LogP contribution in [0.25, 0.3) is 11.1 Å². The van der Waals surface area contributed by atoms with Gasteiger partial charge in [-0.2, -0.15) is 5.10 Å². The summed E-state index contributed by atoms with van der Waals surface area (Å²) in [6, 6.07) is 3.72. The second-order valence-electron chi connectivity index (χ2n) is 8.60. The Bertz CT molecular complexity index is 921. The zero-order valence-electron chi connectivity index (χ0n) is 19.5. The average molecular weight is 450 g/mol. The summed E-state index contributed by atoms with van der Waals surface area (Å²) < 4.78 is 31.6. The molecule has 0 radical (unpaired) electrons. The summed E-state index contributed by atoms with van der Waals surface area (Å²) >= 11 is 0. The summed E-state index contributed by atoms with van der Waals surface area (Å²) in [5.41, 5.74) is 0.600. The summed E-state index contributed by atoms with van der Waals surface area (Å²) in [4.78, 5) is 24.0. The van der Waals surface area contributed by atoms with E-state index in [-0.39, 0.29) is 31.6 Å². The van der Waals surface area contributed by atoms with Gasteiger partial charge in [0.25, 0.3) is 0 Å². The smallest absolute Gasteiger partial charge is 0.407 e. The first-order valence-electron chi connectivity index (χ1n) is 10.6. The van der Waals surface area contributed by atoms with E-state index in [1.807, 2.05) is 13.8 Å². The number of alkyl carbamates (subject to hydrolysis) is 1. The van der Waals surface area contributed by atoms with E-state index in [0.29, 0.717) is 16.9 Å². The zero-order valence-corrected chi connectivity index (χ0v) is 19.5. The van der Waals surface area contributed by atoms with Crippen molar-refractivity contribution in [3.05, 3.63) is 36.4 Å². The Hall–Kier alpha value is -3.10. The lowest BCUT2D eigenvalue weighted by atomic mass is 10.0. The minimum atomic E-state index is -0.589. The number of nitrogens with one attached hydrogen (secondary N) is 1. The highest BCUT2D eigenvalue weighted by atomic mass is 19.1. The van der Waals surface area contributed by atoms with E-state index in [4.69, 9.17) is 14.2 Å². The van der Waals surface area contributed by atoms with Gasteiger partial charge in [0.05, 0.1) is 19.3 Å². The van der Waals surface area contributed by atoms with Gasteiger partial charge in [0.2, 0.25) is 0 Å². The van der Waals surface area contributed by atoms with Crippen LogP contribution >= 0.6 is 0 Å². The number of hydrogen-bond donors (Lipinski definition) is 1. The lowest BCUT2D eigenvalue weighted by Crippen LogP contribution is -2.34. The fourth-order valence-corrected chi connectivity index (χ4v) is 3.00. The van der Waals surface area contributed by atoms with Gasteiger partial charge in [-0.25, -0.2) is 14.0 Å². The van der Waals surface area contributed by atoms with E-state index in [1.54, 1.807) is 46.2 Å². The van der Waals surface area contributed by atoms with Gasteiger partial charge in [0.15, 0.2) is 6.04 Å². The maximum absolute atomic E-state index is 14.2. The predicted octanol–water partition coefficient (Wildman–Crippen LogP) is 4.35. The Morgan fingerprint density at radius 1 is 1.19 bits per heavy atom. The normalized spacial score (nSPS) is 12.4. The average Bonchev–Trinajstić information content (AvgIpc) is 3.13. The fourth-order valence-electron chi connectivity index (χ4n) is 3.00. The van der Waals surface area contributed by atoms with Crippen LogP contribution in [0.3, 0.4) is 0 Å². The number of amides is 1. The van der Waals surface area contributed by atoms with Gasteiger partial charge in [-0.15, -0.1) is 0 Å². The van der Waals surface area contributed by atoms with E-state index < -0.39 is 23.6 Å². The SMILES string of the molecule is CCOC(=O)C(C(C)C)n1cc(-c2cc(F)cc(OCCNC(=O)OC(C)(C)C)c2)cn1. The van der Waals surface area contributed by atoms with Crippen LogP contribution in [0.5, 0.6) is 5.75 Å². The van der Waals surface area contributed by atoms with Crippen molar-refractivity contribution in [1.82, 2.24) is 15.1 Å². The van der Waals surface area contributed by atoms with Gasteiger partial charge >= 0.3 is 12.1 Å². The Morgan fingerprint density at radius 3 is 2.53 bits per heavy atom. The Balaban J connectivity index is 2.06. The lowest BCUT2D eigenvalue weighted by Gasteiger charge is -2.19. The van der Waals surface area contributed by atoms with Crippen LogP contribution in [0, 0.1) is 11.7 Å². The highest BCUT2D eigenvalue weighted by Gasteiger charge is 2.26. The van der Waals surface area contributed by atoms with Crippen molar-refractivity contribution in [1.29, 1.82) is 0 Å². The molecule has 32 heavy (non-hydrogen) atoms. The topological polar surface area (TPSA) is 91.7 Å². The maximum Gasteiger partial charge on any atom is 0.407 e. The van der Waals surface area contributed by atoms with Crippen LogP contribution in [0.1, 0.15) is 47.6 Å². The van der Waals surface area contributed by atoms with Crippen LogP contribution < -0.4 is 10.1 Å². The van der Waals surface area contributed by atoms with E-state index in [1.165, 1.54) is 16.8 Å². The summed E-state index contributed by atoms with van der Waals surface area (Å²) in [6.07, 6.45) is 2.70. The number of carbonyl (C=O) groups excluding carboxylic acids is 2. The highest BCUT2D eigenvalue weighted by Crippen LogP contribution is 2.28. The van der Waals surface area contributed by atoms with Crippen LogP contribution in [-0.4, -0.2) is 47.2 Å². The molecule has 0 aliphatic heterocycles. The first kappa shape index (κ1) is 25.2. The minimum Gasteiger partial charge on any atom is -0.492 e. The molecular weight excluding hydrogens is 417 g/mol. The van der Waals surface area contributed by atoms with E-state index in [9.17, 15) is 14.0 Å². The first-order chi connectivity index (χ1) is 15.0. The van der Waals surface area contributed by atoms with E-state index in [0.717, 1.165) is 0 Å². The third-order valence-corrected chi connectivity index (χ3v) is 4.29. The van der Waals surface area contributed by atoms with Crippen molar-refractivity contribution in [2.24, 2.45) is 5.92 Å². The van der Waals surface area contributed by atoms with Crippen LogP contribution in [0.15, 0.2) is 30.6 Å². The summed E-state index contributed by atoms with van der Waals surface area (Å²) in [7, 11) is 0. The molecule has 1 aromatic heterocycles. The Labute approximate surface area is 188 Å². The molecular formula is C23H32FN3O5. The van der Waals surface area contributed by atoms with Gasteiger partial charge in [0, 0.05) is 17.8 Å². The molecule has 1 amide bonds. The zero-order chi connectivity index (χ0) is 23.9. The molecule has 1 unspecified atom stereocenters. The van der Waals surface area contributed by atoms with Gasteiger partial charge in [-0.3, -0.25) is 4.68 Å². The molecule has 1 atom stereocenters. The minimum absolute atomic E-state index is 0.0364. The molecule has 2 aromatic rings. The first-order valence-corrected chi connectivity index (χ1v) is 10.6. The van der Waals surface area contributed by atoms with Crippen molar-refractivity contribution >= 4 is 12.1 Å². The molecule has 8 nitrogen and oxygen atoms in total. The third kappa shape index (κ3) is 7.55. The fraction of sp³-hybridized carbons (Fsp3) is 0.522. The Morgan fingerprint density at radius 2 is 1.91 bits per heavy atom. The second kappa shape index (κ2) is 11.0. The molecule has 0 aliphatic carbocycles. The molecule has 2 rings (SSSR count). The van der Waals surface area contributed by atoms with Crippen molar-refractivity contribution < 1.29 is 28.2 Å². The molecule has 9 heteroatoms. The number of hydrogen-bond acceptors (Lipinski definition) is 6. The maximum atomic E-state index is 14.2. The van der Waals surface area contributed by atoms with Crippen LogP contribution in [0.2, 0.25) is 0 Å². The van der Waals surface area contributed by atoms with Gasteiger partial charge < -0.3 is 19.5 Å². The van der Waals surface area contributed by atoms with Gasteiger partial charge in [0.1, 0.15) is 23.8 Å². The summed E-state index contributed by atoms with van der Waals surface area (Å²) in [5.74, 6) is -0.565. The predicted molar refractivity (Wildman–Crippen MR) is 118 cm³/mol. The molecule has 1 aromatic carbocycles. The largest absolute Gasteiger partial charge is 0.492 e. The number of halogens is 1. The molecule has 0 fully saturated rings. The number of nitrogens with zero attached hydrogens (tertiary/aromatic N) is 2. The van der Waals surface area contributed by atoms with E-state index >= 15 is 0 Å². The van der Waals surface area contributed by atoms with Gasteiger partial charge in [-0.1, -0.05) is 13.8 Å². The molecule has 1 heterocycles. The number of rotatable bonds is 9. The number of ether oxygens (including phenoxy) is 3. The molecule has 0 saturated carbocycles. The third-order valence-electron chi connectivity index (χ3n) is 4.29. The number of carbonyl (C=O) groups is 2. The van der Waals surface area contributed by atoms with E-state index in [2.05, 4.69) is 10.4 Å². The van der Waals surface area contributed by atoms with Crippen LogP contribution in [-0.2, 0) is 14.3 Å².